The SMILES string of the molecule is CC(C)C(NC(=O)C(CC(N)=O)NC(=O)C(CCC(N)=O)NC(=O)C(N)CC(N)=O)C(=O)O. The molecule has 15 nitrogen and oxygen atoms in total. The normalized spacial score (nSPS) is 14.3. The molecule has 4 atom stereocenters. The lowest BCUT2D eigenvalue weighted by Gasteiger charge is -2.25. The van der Waals surface area contributed by atoms with Gasteiger partial charge in [0.1, 0.15) is 18.1 Å². The van der Waals surface area contributed by atoms with Crippen LogP contribution >= 0.6 is 0 Å². The second-order valence-electron chi connectivity index (χ2n) is 7.64. The summed E-state index contributed by atoms with van der Waals surface area (Å²) in [7, 11) is 0. The summed E-state index contributed by atoms with van der Waals surface area (Å²) in [6, 6.07) is -5.73. The Labute approximate surface area is 189 Å². The van der Waals surface area contributed by atoms with E-state index in [1.807, 2.05) is 0 Å². The number of carbonyl (C=O) groups excluding carboxylic acids is 6. The topological polar surface area (TPSA) is 280 Å². The van der Waals surface area contributed by atoms with Crippen molar-refractivity contribution in [2.24, 2.45) is 28.9 Å². The van der Waals surface area contributed by atoms with Crippen molar-refractivity contribution in [2.75, 3.05) is 0 Å². The zero-order valence-electron chi connectivity index (χ0n) is 18.3. The van der Waals surface area contributed by atoms with Crippen LogP contribution in [0.15, 0.2) is 0 Å². The van der Waals surface area contributed by atoms with Gasteiger partial charge in [-0.05, 0) is 12.3 Å². The number of hydrogen-bond donors (Lipinski definition) is 8. The third-order valence-corrected chi connectivity index (χ3v) is 4.34. The molecule has 0 aromatic heterocycles. The zero-order chi connectivity index (χ0) is 25.9. The van der Waals surface area contributed by atoms with E-state index in [4.69, 9.17) is 22.9 Å². The monoisotopic (exact) mass is 473 g/mol. The van der Waals surface area contributed by atoms with Gasteiger partial charge in [0.15, 0.2) is 0 Å². The first-order chi connectivity index (χ1) is 15.1. The van der Waals surface area contributed by atoms with Crippen molar-refractivity contribution in [3.05, 3.63) is 0 Å². The van der Waals surface area contributed by atoms with E-state index >= 15 is 0 Å². The Morgan fingerprint density at radius 2 is 1.21 bits per heavy atom. The van der Waals surface area contributed by atoms with Crippen LogP contribution < -0.4 is 38.9 Å². The summed E-state index contributed by atoms with van der Waals surface area (Å²) in [5, 5.41) is 15.8. The summed E-state index contributed by atoms with van der Waals surface area (Å²) in [5.41, 5.74) is 20.7. The van der Waals surface area contributed by atoms with Crippen LogP contribution in [0.25, 0.3) is 0 Å². The van der Waals surface area contributed by atoms with E-state index < -0.39 is 84.3 Å². The van der Waals surface area contributed by atoms with E-state index in [1.54, 1.807) is 0 Å². The fourth-order valence-electron chi connectivity index (χ4n) is 2.59. The Kier molecular flexibility index (Phi) is 12.1. The van der Waals surface area contributed by atoms with Crippen molar-refractivity contribution in [2.45, 2.75) is 63.7 Å². The minimum Gasteiger partial charge on any atom is -0.480 e. The molecular weight excluding hydrogens is 442 g/mol. The third kappa shape index (κ3) is 11.4. The lowest BCUT2D eigenvalue weighted by Crippen LogP contribution is -2.58. The van der Waals surface area contributed by atoms with Crippen molar-refractivity contribution in [1.29, 1.82) is 0 Å². The predicted octanol–water partition coefficient (Wildman–Crippen LogP) is -4.48. The highest BCUT2D eigenvalue weighted by Crippen LogP contribution is 2.05. The largest absolute Gasteiger partial charge is 0.480 e. The summed E-state index contributed by atoms with van der Waals surface area (Å²) in [6.07, 6.45) is -1.84. The molecule has 0 aromatic carbocycles. The van der Waals surface area contributed by atoms with Crippen LogP contribution in [0.3, 0.4) is 0 Å². The highest BCUT2D eigenvalue weighted by atomic mass is 16.4. The molecule has 0 aliphatic rings. The Hall–Kier alpha value is -3.75. The van der Waals surface area contributed by atoms with Crippen LogP contribution in [-0.4, -0.2) is 70.7 Å². The van der Waals surface area contributed by atoms with Gasteiger partial charge in [0.2, 0.25) is 35.4 Å². The summed E-state index contributed by atoms with van der Waals surface area (Å²) < 4.78 is 0. The smallest absolute Gasteiger partial charge is 0.326 e. The highest BCUT2D eigenvalue weighted by molar-refractivity contribution is 5.96. The number of hydrogen-bond acceptors (Lipinski definition) is 8. The molecule has 0 aliphatic carbocycles. The van der Waals surface area contributed by atoms with Crippen molar-refractivity contribution < 1.29 is 38.7 Å². The first-order valence-corrected chi connectivity index (χ1v) is 9.90. The van der Waals surface area contributed by atoms with Gasteiger partial charge < -0.3 is 44.0 Å². The van der Waals surface area contributed by atoms with Gasteiger partial charge in [-0.3, -0.25) is 28.8 Å². The van der Waals surface area contributed by atoms with E-state index in [0.717, 1.165) is 0 Å². The predicted molar refractivity (Wildman–Crippen MR) is 112 cm³/mol. The molecule has 4 unspecified atom stereocenters. The molecule has 0 heterocycles. The minimum atomic E-state index is -1.58. The summed E-state index contributed by atoms with van der Waals surface area (Å²) >= 11 is 0. The third-order valence-electron chi connectivity index (χ3n) is 4.34. The maximum Gasteiger partial charge on any atom is 0.326 e. The van der Waals surface area contributed by atoms with Crippen LogP contribution in [0.5, 0.6) is 0 Å². The van der Waals surface area contributed by atoms with Gasteiger partial charge in [0.25, 0.3) is 0 Å². The van der Waals surface area contributed by atoms with Gasteiger partial charge in [-0.2, -0.15) is 0 Å². The van der Waals surface area contributed by atoms with Crippen LogP contribution in [-0.2, 0) is 33.6 Å². The molecule has 6 amide bonds. The average molecular weight is 473 g/mol. The molecule has 186 valence electrons. The fourth-order valence-corrected chi connectivity index (χ4v) is 2.59. The molecule has 33 heavy (non-hydrogen) atoms. The number of aliphatic carboxylic acids is 1. The number of rotatable bonds is 15. The van der Waals surface area contributed by atoms with E-state index in [0.29, 0.717) is 0 Å². The van der Waals surface area contributed by atoms with Crippen molar-refractivity contribution >= 4 is 41.4 Å². The molecule has 0 fully saturated rings. The number of nitrogens with two attached hydrogens (primary N) is 4. The molecule has 0 radical (unpaired) electrons. The van der Waals surface area contributed by atoms with Gasteiger partial charge in [0, 0.05) is 6.42 Å². The number of amides is 6. The Balaban J connectivity index is 5.60. The van der Waals surface area contributed by atoms with Crippen molar-refractivity contribution in [3.63, 3.8) is 0 Å². The molecule has 0 saturated carbocycles. The van der Waals surface area contributed by atoms with Crippen LogP contribution in [0, 0.1) is 5.92 Å². The molecule has 15 heteroatoms. The van der Waals surface area contributed by atoms with E-state index in [-0.39, 0.29) is 12.8 Å². The molecular formula is C18H31N7O8. The van der Waals surface area contributed by atoms with Crippen molar-refractivity contribution in [1.82, 2.24) is 16.0 Å². The lowest BCUT2D eigenvalue weighted by molar-refractivity contribution is -0.143. The molecule has 0 bridgehead atoms. The summed E-state index contributed by atoms with van der Waals surface area (Å²) in [6.45, 7) is 3.07. The Morgan fingerprint density at radius 3 is 1.64 bits per heavy atom. The molecule has 0 aliphatic heterocycles. The van der Waals surface area contributed by atoms with Gasteiger partial charge in [-0.1, -0.05) is 13.8 Å². The Morgan fingerprint density at radius 1 is 0.727 bits per heavy atom. The molecule has 0 saturated heterocycles. The molecule has 0 spiro atoms. The van der Waals surface area contributed by atoms with E-state index in [1.165, 1.54) is 13.8 Å². The molecule has 0 aromatic rings. The Bertz CT molecular complexity index is 786. The van der Waals surface area contributed by atoms with Gasteiger partial charge in [-0.15, -0.1) is 0 Å². The van der Waals surface area contributed by atoms with Crippen molar-refractivity contribution in [3.8, 4) is 0 Å². The quantitative estimate of drug-likeness (QED) is 0.114. The number of carboxylic acid groups (broad SMARTS) is 1. The van der Waals surface area contributed by atoms with Crippen LogP contribution in [0.2, 0.25) is 0 Å². The number of nitrogens with one attached hydrogen (secondary N) is 3. The number of primary amides is 3. The molecule has 12 N–H and O–H groups in total. The second kappa shape index (κ2) is 13.6. The molecule has 0 rings (SSSR count). The number of carbonyl (C=O) groups is 7. The maximum absolute atomic E-state index is 12.7. The van der Waals surface area contributed by atoms with Gasteiger partial charge >= 0.3 is 5.97 Å². The van der Waals surface area contributed by atoms with Gasteiger partial charge in [-0.25, -0.2) is 4.79 Å². The fraction of sp³-hybridized carbons (Fsp3) is 0.611. The summed E-state index contributed by atoms with van der Waals surface area (Å²) in [4.78, 5) is 82.2. The summed E-state index contributed by atoms with van der Waals surface area (Å²) in [5.74, 6) is -7.46. The highest BCUT2D eigenvalue weighted by Gasteiger charge is 2.32. The zero-order valence-corrected chi connectivity index (χ0v) is 18.3. The first kappa shape index (κ1) is 29.2. The minimum absolute atomic E-state index is 0.301. The van der Waals surface area contributed by atoms with Gasteiger partial charge in [0.05, 0.1) is 18.9 Å². The van der Waals surface area contributed by atoms with Crippen LogP contribution in [0.1, 0.15) is 39.5 Å². The van der Waals surface area contributed by atoms with Crippen LogP contribution in [0.4, 0.5) is 0 Å². The lowest BCUT2D eigenvalue weighted by atomic mass is 10.0. The second-order valence-corrected chi connectivity index (χ2v) is 7.64. The average Bonchev–Trinajstić information content (AvgIpc) is 2.66. The first-order valence-electron chi connectivity index (χ1n) is 9.90. The van der Waals surface area contributed by atoms with E-state index in [9.17, 15) is 38.7 Å². The standard InChI is InChI=1S/C18H31N7O8/c1-7(2)14(18(32)33)25-17(31)10(6-13(22)28)24-16(30)9(3-4-11(20)26)23-15(29)8(19)5-12(21)27/h7-10,14H,3-6,19H2,1-2H3,(H2,20,26)(H2,21,27)(H2,22,28)(H,23,29)(H,24,30)(H,25,31)(H,32,33). The van der Waals surface area contributed by atoms with E-state index in [2.05, 4.69) is 16.0 Å². The maximum atomic E-state index is 12.7. The number of carboxylic acids is 1.